The summed E-state index contributed by atoms with van der Waals surface area (Å²) in [7, 11) is 0. The molecule has 1 saturated heterocycles. The third-order valence-corrected chi connectivity index (χ3v) is 7.06. The molecule has 0 bridgehead atoms. The van der Waals surface area contributed by atoms with Gasteiger partial charge in [0.1, 0.15) is 5.82 Å². The van der Waals surface area contributed by atoms with Gasteiger partial charge in [-0.05, 0) is 54.4 Å². The second kappa shape index (κ2) is 8.57. The van der Waals surface area contributed by atoms with Crippen LogP contribution in [0.25, 0.3) is 16.8 Å². The van der Waals surface area contributed by atoms with E-state index in [9.17, 15) is 0 Å². The number of benzene rings is 1. The van der Waals surface area contributed by atoms with E-state index in [1.54, 1.807) is 0 Å². The van der Waals surface area contributed by atoms with Crippen LogP contribution in [0.4, 0.5) is 17.2 Å². The first-order valence-corrected chi connectivity index (χ1v) is 12.0. The maximum Gasteiger partial charge on any atom is 0.160 e. The van der Waals surface area contributed by atoms with Crippen molar-refractivity contribution >= 4 is 29.1 Å². The molecule has 1 aromatic carbocycles. The van der Waals surface area contributed by atoms with Gasteiger partial charge in [0, 0.05) is 56.0 Å². The molecule has 0 radical (unpaired) electrons. The smallest absolute Gasteiger partial charge is 0.160 e. The average molecular weight is 452 g/mol. The fourth-order valence-corrected chi connectivity index (χ4v) is 4.99. The lowest BCUT2D eigenvalue weighted by atomic mass is 9.99. The molecule has 5 heterocycles. The van der Waals surface area contributed by atoms with Crippen molar-refractivity contribution in [3.63, 3.8) is 0 Å². The number of rotatable bonds is 5. The first-order valence-electron chi connectivity index (χ1n) is 12.0. The molecule has 0 spiro atoms. The number of anilines is 3. The van der Waals surface area contributed by atoms with Crippen LogP contribution < -0.4 is 10.2 Å². The minimum atomic E-state index is 0.754. The van der Waals surface area contributed by atoms with Crippen LogP contribution in [0.15, 0.2) is 60.0 Å². The van der Waals surface area contributed by atoms with Gasteiger partial charge >= 0.3 is 0 Å². The van der Waals surface area contributed by atoms with Gasteiger partial charge < -0.3 is 19.5 Å². The third-order valence-electron chi connectivity index (χ3n) is 7.06. The standard InChI is InChI=1S/C27H29N7/c1-3-32-10-12-33(13-11-32)23-6-7-26(30-18-23)31-25-15-24(19(2)34-9-8-29-27(25)34)20-4-5-21-16-28-17-22(21)14-20/h4-9,14-16,18H,3,10-13,17H2,1-2H3,(H,30,31). The average Bonchev–Trinajstić information content (AvgIpc) is 3.56. The van der Waals surface area contributed by atoms with Crippen LogP contribution in [0, 0.1) is 6.92 Å². The van der Waals surface area contributed by atoms with Gasteiger partial charge in [-0.3, -0.25) is 4.99 Å². The molecule has 0 amide bonds. The van der Waals surface area contributed by atoms with Crippen molar-refractivity contribution in [2.75, 3.05) is 42.9 Å². The Kier molecular flexibility index (Phi) is 5.26. The molecule has 0 unspecified atom stereocenters. The summed E-state index contributed by atoms with van der Waals surface area (Å²) in [5, 5.41) is 3.52. The van der Waals surface area contributed by atoms with Crippen LogP contribution >= 0.6 is 0 Å². The van der Waals surface area contributed by atoms with Crippen LogP contribution in [0.2, 0.25) is 0 Å². The molecule has 7 heteroatoms. The summed E-state index contributed by atoms with van der Waals surface area (Å²) in [5.74, 6) is 0.818. The van der Waals surface area contributed by atoms with Crippen molar-refractivity contribution in [3.8, 4) is 11.1 Å². The summed E-state index contributed by atoms with van der Waals surface area (Å²) < 4.78 is 2.14. The summed E-state index contributed by atoms with van der Waals surface area (Å²) in [6, 6.07) is 13.0. The van der Waals surface area contributed by atoms with Crippen molar-refractivity contribution in [2.45, 2.75) is 20.4 Å². The monoisotopic (exact) mass is 451 g/mol. The van der Waals surface area contributed by atoms with Gasteiger partial charge in [-0.25, -0.2) is 9.97 Å². The highest BCUT2D eigenvalue weighted by molar-refractivity contribution is 5.87. The molecule has 0 atom stereocenters. The van der Waals surface area contributed by atoms with Crippen molar-refractivity contribution in [3.05, 3.63) is 71.8 Å². The van der Waals surface area contributed by atoms with Gasteiger partial charge in [-0.1, -0.05) is 19.1 Å². The van der Waals surface area contributed by atoms with Crippen molar-refractivity contribution in [1.82, 2.24) is 19.3 Å². The van der Waals surface area contributed by atoms with E-state index in [1.807, 2.05) is 24.8 Å². The zero-order valence-electron chi connectivity index (χ0n) is 19.7. The van der Waals surface area contributed by atoms with Crippen LogP contribution in [0.3, 0.4) is 0 Å². The molecule has 4 aromatic rings. The minimum Gasteiger partial charge on any atom is -0.368 e. The molecular formula is C27H29N7. The number of aliphatic imine (C=N–C) groups is 1. The predicted molar refractivity (Wildman–Crippen MR) is 139 cm³/mol. The van der Waals surface area contributed by atoms with Crippen molar-refractivity contribution in [2.24, 2.45) is 4.99 Å². The maximum absolute atomic E-state index is 4.73. The molecule has 1 fully saturated rings. The highest BCUT2D eigenvalue weighted by atomic mass is 15.3. The number of aromatic nitrogens is 3. The first-order chi connectivity index (χ1) is 16.7. The van der Waals surface area contributed by atoms with Gasteiger partial charge in [0.15, 0.2) is 5.65 Å². The number of aryl methyl sites for hydroxylation is 1. The van der Waals surface area contributed by atoms with Gasteiger partial charge in [0.25, 0.3) is 0 Å². The zero-order chi connectivity index (χ0) is 23.1. The maximum atomic E-state index is 4.73. The van der Waals surface area contributed by atoms with Gasteiger partial charge in [-0.15, -0.1) is 0 Å². The van der Waals surface area contributed by atoms with E-state index < -0.39 is 0 Å². The minimum absolute atomic E-state index is 0.754. The van der Waals surface area contributed by atoms with E-state index in [1.165, 1.54) is 27.9 Å². The summed E-state index contributed by atoms with van der Waals surface area (Å²) in [6.07, 6.45) is 7.79. The Hall–Kier alpha value is -3.71. The SMILES string of the molecule is CCN1CCN(c2ccc(Nc3cc(-c4ccc5c(c4)CN=C5)c(C)n4ccnc34)nc2)CC1. The van der Waals surface area contributed by atoms with Crippen molar-refractivity contribution < 1.29 is 0 Å². The van der Waals surface area contributed by atoms with Gasteiger partial charge in [-0.2, -0.15) is 0 Å². The number of nitrogens with zero attached hydrogens (tertiary/aromatic N) is 6. The molecule has 1 N–H and O–H groups in total. The van der Waals surface area contributed by atoms with E-state index in [4.69, 9.17) is 4.98 Å². The Morgan fingerprint density at radius 3 is 2.68 bits per heavy atom. The number of hydrogen-bond acceptors (Lipinski definition) is 6. The molecule has 0 saturated carbocycles. The number of nitrogens with one attached hydrogen (secondary N) is 1. The molecule has 172 valence electrons. The molecule has 2 aliphatic heterocycles. The van der Waals surface area contributed by atoms with E-state index in [-0.39, 0.29) is 0 Å². The molecule has 3 aromatic heterocycles. The quantitative estimate of drug-likeness (QED) is 0.483. The Balaban J connectivity index is 1.29. The van der Waals surface area contributed by atoms with E-state index in [0.717, 1.165) is 62.1 Å². The lowest BCUT2D eigenvalue weighted by Gasteiger charge is -2.35. The number of fused-ring (bicyclic) bond motifs is 2. The molecule has 0 aliphatic carbocycles. The highest BCUT2D eigenvalue weighted by Gasteiger charge is 2.17. The normalized spacial score (nSPS) is 15.8. The predicted octanol–water partition coefficient (Wildman–Crippen LogP) is 4.52. The van der Waals surface area contributed by atoms with Crippen LogP contribution in [0.5, 0.6) is 0 Å². The number of pyridine rings is 2. The fourth-order valence-electron chi connectivity index (χ4n) is 4.99. The topological polar surface area (TPSA) is 61.1 Å². The Morgan fingerprint density at radius 2 is 1.88 bits per heavy atom. The number of imidazole rings is 1. The third kappa shape index (κ3) is 3.72. The summed E-state index contributed by atoms with van der Waals surface area (Å²) in [4.78, 5) is 18.7. The molecule has 7 nitrogen and oxygen atoms in total. The van der Waals surface area contributed by atoms with Crippen LogP contribution in [0.1, 0.15) is 23.7 Å². The Labute approximate surface area is 199 Å². The number of hydrogen-bond donors (Lipinski definition) is 1. The summed E-state index contributed by atoms with van der Waals surface area (Å²) in [5.41, 5.74) is 9.02. The Bertz CT molecular complexity index is 1360. The highest BCUT2D eigenvalue weighted by Crippen LogP contribution is 2.33. The first kappa shape index (κ1) is 20.9. The largest absolute Gasteiger partial charge is 0.368 e. The molecule has 2 aliphatic rings. The summed E-state index contributed by atoms with van der Waals surface area (Å²) >= 11 is 0. The van der Waals surface area contributed by atoms with Crippen molar-refractivity contribution in [1.29, 1.82) is 0 Å². The van der Waals surface area contributed by atoms with Crippen LogP contribution in [-0.4, -0.2) is 58.2 Å². The fraction of sp³-hybridized carbons (Fsp3) is 0.296. The zero-order valence-corrected chi connectivity index (χ0v) is 19.7. The van der Waals surface area contributed by atoms with Crippen LogP contribution in [-0.2, 0) is 6.54 Å². The van der Waals surface area contributed by atoms with E-state index in [2.05, 4.69) is 79.7 Å². The van der Waals surface area contributed by atoms with Gasteiger partial charge in [0.2, 0.25) is 0 Å². The molecular weight excluding hydrogens is 422 g/mol. The summed E-state index contributed by atoms with van der Waals surface area (Å²) in [6.45, 7) is 10.5. The second-order valence-corrected chi connectivity index (χ2v) is 9.01. The second-order valence-electron chi connectivity index (χ2n) is 9.01. The Morgan fingerprint density at radius 1 is 1.00 bits per heavy atom. The lowest BCUT2D eigenvalue weighted by Crippen LogP contribution is -2.46. The molecule has 6 rings (SSSR count). The van der Waals surface area contributed by atoms with E-state index >= 15 is 0 Å². The number of likely N-dealkylation sites (N-methyl/N-ethyl adjacent to an activating group) is 1. The lowest BCUT2D eigenvalue weighted by molar-refractivity contribution is 0.271. The molecule has 34 heavy (non-hydrogen) atoms. The van der Waals surface area contributed by atoms with Gasteiger partial charge in [0.05, 0.1) is 24.1 Å². The van der Waals surface area contributed by atoms with E-state index in [0.29, 0.717) is 0 Å². The number of piperazine rings is 1.